The van der Waals surface area contributed by atoms with Crippen LogP contribution in [0.5, 0.6) is 0 Å². The van der Waals surface area contributed by atoms with Crippen LogP contribution in [-0.4, -0.2) is 43.4 Å². The minimum absolute atomic E-state index is 0.345. The molecule has 0 bridgehead atoms. The third-order valence-corrected chi connectivity index (χ3v) is 3.05. The van der Waals surface area contributed by atoms with Gasteiger partial charge < -0.3 is 9.84 Å². The molecular formula is C11H16N2O2S. The summed E-state index contributed by atoms with van der Waals surface area (Å²) in [6, 6.07) is 5.88. The first-order valence-electron chi connectivity index (χ1n) is 5.00. The third-order valence-electron chi connectivity index (χ3n) is 2.08. The first kappa shape index (κ1) is 13.1. The topological polar surface area (TPSA) is 56.5 Å². The number of nitrogens with zero attached hydrogens (tertiary/aromatic N) is 2. The van der Waals surface area contributed by atoms with Crippen molar-refractivity contribution in [1.29, 1.82) is 5.26 Å². The molecule has 4 nitrogen and oxygen atoms in total. The van der Waals surface area contributed by atoms with Crippen molar-refractivity contribution in [2.24, 2.45) is 0 Å². The average molecular weight is 240 g/mol. The largest absolute Gasteiger partial charge is 0.389 e. The Bertz CT molecular complexity index is 359. The SMILES string of the molecule is COCC(O)CN(C)Cc1ccc(C#N)s1. The molecule has 0 aromatic carbocycles. The van der Waals surface area contributed by atoms with Gasteiger partial charge in [-0.3, -0.25) is 4.90 Å². The highest BCUT2D eigenvalue weighted by atomic mass is 32.1. The van der Waals surface area contributed by atoms with E-state index in [4.69, 9.17) is 10.00 Å². The van der Waals surface area contributed by atoms with Crippen LogP contribution in [0.25, 0.3) is 0 Å². The van der Waals surface area contributed by atoms with E-state index in [2.05, 4.69) is 6.07 Å². The average Bonchev–Trinajstić information content (AvgIpc) is 2.65. The maximum atomic E-state index is 9.53. The summed E-state index contributed by atoms with van der Waals surface area (Å²) in [7, 11) is 3.51. The Morgan fingerprint density at radius 3 is 2.94 bits per heavy atom. The van der Waals surface area contributed by atoms with Crippen molar-refractivity contribution >= 4 is 11.3 Å². The Balaban J connectivity index is 2.39. The minimum Gasteiger partial charge on any atom is -0.389 e. The standard InChI is InChI=1S/C11H16N2O2S/c1-13(6-9(14)8-15-2)7-11-4-3-10(5-12)16-11/h3-4,9,14H,6-8H2,1-2H3. The van der Waals surface area contributed by atoms with Gasteiger partial charge in [-0.25, -0.2) is 0 Å². The number of nitriles is 1. The van der Waals surface area contributed by atoms with Crippen LogP contribution in [0.4, 0.5) is 0 Å². The molecule has 1 unspecified atom stereocenters. The van der Waals surface area contributed by atoms with Crippen molar-refractivity contribution in [3.05, 3.63) is 21.9 Å². The van der Waals surface area contributed by atoms with Gasteiger partial charge in [0.25, 0.3) is 0 Å². The predicted molar refractivity (Wildman–Crippen MR) is 63.3 cm³/mol. The second-order valence-corrected chi connectivity index (χ2v) is 4.85. The third kappa shape index (κ3) is 4.29. The summed E-state index contributed by atoms with van der Waals surface area (Å²) in [6.07, 6.45) is -0.467. The highest BCUT2D eigenvalue weighted by Gasteiger charge is 2.09. The molecule has 16 heavy (non-hydrogen) atoms. The molecule has 0 fully saturated rings. The highest BCUT2D eigenvalue weighted by molar-refractivity contribution is 7.12. The van der Waals surface area contributed by atoms with Crippen LogP contribution < -0.4 is 0 Å². The van der Waals surface area contributed by atoms with E-state index < -0.39 is 6.10 Å². The molecule has 88 valence electrons. The molecular weight excluding hydrogens is 224 g/mol. The van der Waals surface area contributed by atoms with Crippen molar-refractivity contribution in [1.82, 2.24) is 4.90 Å². The number of aliphatic hydroxyl groups excluding tert-OH is 1. The number of methoxy groups -OCH3 is 1. The molecule has 0 aliphatic rings. The second kappa shape index (κ2) is 6.61. The van der Waals surface area contributed by atoms with Crippen LogP contribution in [0.2, 0.25) is 0 Å². The van der Waals surface area contributed by atoms with Crippen LogP contribution in [0.1, 0.15) is 9.75 Å². The molecule has 0 aliphatic carbocycles. The van der Waals surface area contributed by atoms with E-state index in [9.17, 15) is 5.11 Å². The molecule has 1 heterocycles. The molecule has 5 heteroatoms. The molecule has 0 saturated carbocycles. The van der Waals surface area contributed by atoms with Gasteiger partial charge in [0.15, 0.2) is 0 Å². The summed E-state index contributed by atoms with van der Waals surface area (Å²) < 4.78 is 4.86. The van der Waals surface area contributed by atoms with Gasteiger partial charge in [0.05, 0.1) is 12.7 Å². The van der Waals surface area contributed by atoms with Gasteiger partial charge in [-0.15, -0.1) is 11.3 Å². The summed E-state index contributed by atoms with van der Waals surface area (Å²) in [5.74, 6) is 0. The van der Waals surface area contributed by atoms with Crippen molar-refractivity contribution in [2.75, 3.05) is 27.3 Å². The van der Waals surface area contributed by atoms with E-state index in [0.29, 0.717) is 13.2 Å². The minimum atomic E-state index is -0.467. The van der Waals surface area contributed by atoms with Crippen LogP contribution in [0, 0.1) is 11.3 Å². The summed E-state index contributed by atoms with van der Waals surface area (Å²) in [5.41, 5.74) is 0. The first-order chi connectivity index (χ1) is 7.65. The Morgan fingerprint density at radius 2 is 2.38 bits per heavy atom. The van der Waals surface area contributed by atoms with Crippen molar-refractivity contribution in [3.63, 3.8) is 0 Å². The van der Waals surface area contributed by atoms with Crippen LogP contribution in [0.15, 0.2) is 12.1 Å². The van der Waals surface area contributed by atoms with E-state index in [1.54, 1.807) is 7.11 Å². The normalized spacial score (nSPS) is 12.7. The van der Waals surface area contributed by atoms with Gasteiger partial charge in [0, 0.05) is 25.1 Å². The Morgan fingerprint density at radius 1 is 1.62 bits per heavy atom. The first-order valence-corrected chi connectivity index (χ1v) is 5.81. The number of thiophene rings is 1. The Hall–Kier alpha value is -0.930. The molecule has 0 amide bonds. The molecule has 1 N–H and O–H groups in total. The summed E-state index contributed by atoms with van der Waals surface area (Å²) in [5, 5.41) is 18.2. The molecule has 0 aliphatic heterocycles. The maximum Gasteiger partial charge on any atom is 0.110 e. The molecule has 1 atom stereocenters. The fourth-order valence-corrected chi connectivity index (χ4v) is 2.34. The van der Waals surface area contributed by atoms with E-state index in [0.717, 1.165) is 16.3 Å². The quantitative estimate of drug-likeness (QED) is 0.807. The monoisotopic (exact) mass is 240 g/mol. The van der Waals surface area contributed by atoms with E-state index in [1.165, 1.54) is 11.3 Å². The lowest BCUT2D eigenvalue weighted by atomic mass is 10.3. The number of rotatable bonds is 6. The Labute approximate surface area is 99.7 Å². The van der Waals surface area contributed by atoms with Gasteiger partial charge in [-0.2, -0.15) is 5.26 Å². The number of likely N-dealkylation sites (N-methyl/N-ethyl adjacent to an activating group) is 1. The van der Waals surface area contributed by atoms with Crippen LogP contribution >= 0.6 is 11.3 Å². The summed E-state index contributed by atoms with van der Waals surface area (Å²) >= 11 is 1.49. The number of hydrogen-bond acceptors (Lipinski definition) is 5. The fraction of sp³-hybridized carbons (Fsp3) is 0.545. The van der Waals surface area contributed by atoms with E-state index in [1.807, 2.05) is 24.1 Å². The van der Waals surface area contributed by atoms with Gasteiger partial charge in [-0.05, 0) is 19.2 Å². The number of aliphatic hydroxyl groups is 1. The summed E-state index contributed by atoms with van der Waals surface area (Å²) in [6.45, 7) is 1.65. The lowest BCUT2D eigenvalue weighted by molar-refractivity contribution is 0.0420. The zero-order valence-corrected chi connectivity index (χ0v) is 10.3. The lowest BCUT2D eigenvalue weighted by Gasteiger charge is -2.19. The fourth-order valence-electron chi connectivity index (χ4n) is 1.46. The van der Waals surface area contributed by atoms with Gasteiger partial charge >= 0.3 is 0 Å². The molecule has 0 spiro atoms. The van der Waals surface area contributed by atoms with Crippen LogP contribution in [-0.2, 0) is 11.3 Å². The van der Waals surface area contributed by atoms with E-state index in [-0.39, 0.29) is 0 Å². The van der Waals surface area contributed by atoms with Crippen molar-refractivity contribution in [2.45, 2.75) is 12.6 Å². The molecule has 0 radical (unpaired) electrons. The molecule has 1 aromatic rings. The van der Waals surface area contributed by atoms with Gasteiger partial charge in [0.2, 0.25) is 0 Å². The number of ether oxygens (including phenoxy) is 1. The van der Waals surface area contributed by atoms with Crippen molar-refractivity contribution < 1.29 is 9.84 Å². The lowest BCUT2D eigenvalue weighted by Crippen LogP contribution is -2.31. The Kier molecular flexibility index (Phi) is 5.43. The van der Waals surface area contributed by atoms with Crippen LogP contribution in [0.3, 0.4) is 0 Å². The number of hydrogen-bond donors (Lipinski definition) is 1. The van der Waals surface area contributed by atoms with E-state index >= 15 is 0 Å². The summed E-state index contributed by atoms with van der Waals surface area (Å²) in [4.78, 5) is 3.86. The zero-order chi connectivity index (χ0) is 12.0. The van der Waals surface area contributed by atoms with Crippen molar-refractivity contribution in [3.8, 4) is 6.07 Å². The maximum absolute atomic E-state index is 9.53. The predicted octanol–water partition coefficient (Wildman–Crippen LogP) is 1.06. The molecule has 1 aromatic heterocycles. The molecule has 0 saturated heterocycles. The van der Waals surface area contributed by atoms with Gasteiger partial charge in [-0.1, -0.05) is 0 Å². The second-order valence-electron chi connectivity index (χ2n) is 3.68. The van der Waals surface area contributed by atoms with Gasteiger partial charge in [0.1, 0.15) is 10.9 Å². The molecule has 1 rings (SSSR count). The smallest absolute Gasteiger partial charge is 0.110 e. The highest BCUT2D eigenvalue weighted by Crippen LogP contribution is 2.16. The zero-order valence-electron chi connectivity index (χ0n) is 9.51.